The molecule has 0 atom stereocenters. The third kappa shape index (κ3) is 6.18. The Hall–Kier alpha value is -2.64. The summed E-state index contributed by atoms with van der Waals surface area (Å²) in [5.41, 5.74) is 1.15. The Kier molecular flexibility index (Phi) is 6.43. The topological polar surface area (TPSA) is 68.0 Å². The van der Waals surface area contributed by atoms with Gasteiger partial charge in [-0.2, -0.15) is 0 Å². The van der Waals surface area contributed by atoms with Gasteiger partial charge in [0, 0.05) is 6.42 Å². The number of hydrogen-bond acceptors (Lipinski definition) is 6. The second-order valence-corrected chi connectivity index (χ2v) is 10.9. The number of anilines is 1. The molecule has 0 aliphatic carbocycles. The van der Waals surface area contributed by atoms with Crippen LogP contribution < -0.4 is 5.32 Å². The Morgan fingerprint density at radius 1 is 1.10 bits per heavy atom. The third-order valence-electron chi connectivity index (χ3n) is 4.55. The predicted molar refractivity (Wildman–Crippen MR) is 128 cm³/mol. The standard InChI is InChI=1S/C24H25N3O2S2/c1-24(2,3)12-19-13-25-21(29-19)15-30-22-14-26-23(31-22)27-20(28)11-16-8-9-17-6-4-5-7-18(17)10-16/h4-10,13-14H,11-12,15H2,1-3H3,(H,26,27,28). The molecule has 0 fully saturated rings. The first-order valence-electron chi connectivity index (χ1n) is 10.1. The zero-order valence-corrected chi connectivity index (χ0v) is 19.5. The number of hydrogen-bond donors (Lipinski definition) is 1. The van der Waals surface area contributed by atoms with Crippen molar-refractivity contribution in [3.63, 3.8) is 0 Å². The van der Waals surface area contributed by atoms with Crippen LogP contribution in [0, 0.1) is 5.41 Å². The fourth-order valence-electron chi connectivity index (χ4n) is 3.23. The lowest BCUT2D eigenvalue weighted by molar-refractivity contribution is -0.115. The lowest BCUT2D eigenvalue weighted by atomic mass is 9.91. The number of nitrogens with one attached hydrogen (secondary N) is 1. The number of fused-ring (bicyclic) bond motifs is 1. The summed E-state index contributed by atoms with van der Waals surface area (Å²) >= 11 is 3.07. The summed E-state index contributed by atoms with van der Waals surface area (Å²) in [6.45, 7) is 6.53. The molecule has 0 unspecified atom stereocenters. The molecule has 0 bridgehead atoms. The summed E-state index contributed by atoms with van der Waals surface area (Å²) in [7, 11) is 0. The first kappa shape index (κ1) is 21.6. The van der Waals surface area contributed by atoms with Crippen molar-refractivity contribution in [1.82, 2.24) is 9.97 Å². The first-order valence-corrected chi connectivity index (χ1v) is 11.9. The van der Waals surface area contributed by atoms with Crippen LogP contribution in [-0.4, -0.2) is 15.9 Å². The van der Waals surface area contributed by atoms with Gasteiger partial charge in [0.1, 0.15) is 5.76 Å². The van der Waals surface area contributed by atoms with E-state index in [2.05, 4.69) is 54.3 Å². The maximum absolute atomic E-state index is 12.4. The Labute approximate surface area is 190 Å². The quantitative estimate of drug-likeness (QED) is 0.332. The highest BCUT2D eigenvalue weighted by Gasteiger charge is 2.15. The van der Waals surface area contributed by atoms with E-state index < -0.39 is 0 Å². The lowest BCUT2D eigenvalue weighted by Crippen LogP contribution is -2.14. The summed E-state index contributed by atoms with van der Waals surface area (Å²) in [5.74, 6) is 2.19. The Bertz CT molecular complexity index is 1190. The van der Waals surface area contributed by atoms with Crippen LogP contribution >= 0.6 is 23.1 Å². The third-order valence-corrected chi connectivity index (χ3v) is 6.65. The van der Waals surface area contributed by atoms with E-state index in [1.54, 1.807) is 18.0 Å². The van der Waals surface area contributed by atoms with Crippen LogP contribution in [0.1, 0.15) is 38.0 Å². The Morgan fingerprint density at radius 2 is 1.90 bits per heavy atom. The zero-order valence-electron chi connectivity index (χ0n) is 17.8. The van der Waals surface area contributed by atoms with Crippen LogP contribution in [0.3, 0.4) is 0 Å². The van der Waals surface area contributed by atoms with Gasteiger partial charge in [-0.1, -0.05) is 74.6 Å². The van der Waals surface area contributed by atoms with Crippen LogP contribution in [0.2, 0.25) is 0 Å². The number of carbonyl (C=O) groups excluding carboxylic acids is 1. The molecule has 0 saturated carbocycles. The van der Waals surface area contributed by atoms with Gasteiger partial charge in [-0.25, -0.2) is 9.97 Å². The van der Waals surface area contributed by atoms with E-state index in [9.17, 15) is 4.79 Å². The van der Waals surface area contributed by atoms with Crippen molar-refractivity contribution in [1.29, 1.82) is 0 Å². The number of thiazole rings is 1. The molecule has 31 heavy (non-hydrogen) atoms. The van der Waals surface area contributed by atoms with Gasteiger partial charge in [0.2, 0.25) is 11.8 Å². The van der Waals surface area contributed by atoms with Crippen LogP contribution in [0.5, 0.6) is 0 Å². The molecule has 0 saturated heterocycles. The minimum absolute atomic E-state index is 0.0688. The Balaban J connectivity index is 1.29. The fourth-order valence-corrected chi connectivity index (χ4v) is 4.98. The predicted octanol–water partition coefficient (Wildman–Crippen LogP) is 6.35. The molecule has 2 aromatic carbocycles. The van der Waals surface area contributed by atoms with Crippen LogP contribution in [0.15, 0.2) is 63.5 Å². The average Bonchev–Trinajstić information content (AvgIpc) is 3.34. The van der Waals surface area contributed by atoms with Gasteiger partial charge >= 0.3 is 0 Å². The molecule has 0 aliphatic heterocycles. The van der Waals surface area contributed by atoms with Crippen LogP contribution in [0.25, 0.3) is 10.8 Å². The molecular weight excluding hydrogens is 426 g/mol. The van der Waals surface area contributed by atoms with Crippen LogP contribution in [-0.2, 0) is 23.4 Å². The molecule has 0 spiro atoms. The van der Waals surface area contributed by atoms with Gasteiger partial charge in [0.05, 0.1) is 28.8 Å². The smallest absolute Gasteiger partial charge is 0.230 e. The normalized spacial score (nSPS) is 11.7. The highest BCUT2D eigenvalue weighted by molar-refractivity contribution is 8.00. The monoisotopic (exact) mass is 451 g/mol. The van der Waals surface area contributed by atoms with Crippen molar-refractivity contribution in [3.05, 3.63) is 72.1 Å². The number of oxazole rings is 1. The molecule has 7 heteroatoms. The molecule has 1 amide bonds. The minimum Gasteiger partial charge on any atom is -0.445 e. The van der Waals surface area contributed by atoms with E-state index in [-0.39, 0.29) is 11.3 Å². The number of carbonyl (C=O) groups is 1. The van der Waals surface area contributed by atoms with Gasteiger partial charge in [-0.3, -0.25) is 4.79 Å². The summed E-state index contributed by atoms with van der Waals surface area (Å²) in [6, 6.07) is 14.2. The highest BCUT2D eigenvalue weighted by atomic mass is 32.2. The van der Waals surface area contributed by atoms with E-state index in [1.807, 2.05) is 30.5 Å². The van der Waals surface area contributed by atoms with Crippen molar-refractivity contribution < 1.29 is 9.21 Å². The van der Waals surface area contributed by atoms with Gasteiger partial charge < -0.3 is 9.73 Å². The van der Waals surface area contributed by atoms with Gasteiger partial charge in [-0.05, 0) is 21.8 Å². The number of aromatic nitrogens is 2. The van der Waals surface area contributed by atoms with Gasteiger partial charge in [-0.15, -0.1) is 11.8 Å². The highest BCUT2D eigenvalue weighted by Crippen LogP contribution is 2.31. The van der Waals surface area contributed by atoms with E-state index in [4.69, 9.17) is 4.42 Å². The number of benzene rings is 2. The summed E-state index contributed by atoms with van der Waals surface area (Å²) in [5, 5.41) is 5.82. The molecule has 2 aromatic heterocycles. The van der Waals surface area contributed by atoms with E-state index >= 15 is 0 Å². The largest absolute Gasteiger partial charge is 0.445 e. The summed E-state index contributed by atoms with van der Waals surface area (Å²) < 4.78 is 6.84. The molecular formula is C24H25N3O2S2. The molecule has 1 N–H and O–H groups in total. The second-order valence-electron chi connectivity index (χ2n) is 8.64. The number of nitrogens with zero attached hydrogens (tertiary/aromatic N) is 2. The molecule has 4 rings (SSSR count). The molecule has 2 heterocycles. The first-order chi connectivity index (χ1) is 14.8. The molecule has 5 nitrogen and oxygen atoms in total. The lowest BCUT2D eigenvalue weighted by Gasteiger charge is -2.15. The summed E-state index contributed by atoms with van der Waals surface area (Å²) in [4.78, 5) is 21.1. The van der Waals surface area contributed by atoms with E-state index in [0.29, 0.717) is 23.2 Å². The fraction of sp³-hybridized carbons (Fsp3) is 0.292. The van der Waals surface area contributed by atoms with E-state index in [1.165, 1.54) is 16.7 Å². The van der Waals surface area contributed by atoms with Crippen molar-refractivity contribution in [2.24, 2.45) is 5.41 Å². The SMILES string of the molecule is CC(C)(C)Cc1cnc(CSc2cnc(NC(=O)Cc3ccc4ccccc4c3)s2)o1. The maximum Gasteiger partial charge on any atom is 0.230 e. The van der Waals surface area contributed by atoms with Gasteiger partial charge in [0.25, 0.3) is 0 Å². The second kappa shape index (κ2) is 9.24. The number of rotatable bonds is 7. The number of thioether (sulfide) groups is 1. The number of amides is 1. The van der Waals surface area contributed by atoms with Crippen molar-refractivity contribution >= 4 is 44.9 Å². The van der Waals surface area contributed by atoms with Crippen molar-refractivity contribution in [2.75, 3.05) is 5.32 Å². The Morgan fingerprint density at radius 3 is 2.71 bits per heavy atom. The molecule has 4 aromatic rings. The molecule has 0 radical (unpaired) electrons. The average molecular weight is 452 g/mol. The molecule has 160 valence electrons. The van der Waals surface area contributed by atoms with Crippen LogP contribution in [0.4, 0.5) is 5.13 Å². The molecule has 0 aliphatic rings. The maximum atomic E-state index is 12.4. The van der Waals surface area contributed by atoms with Gasteiger partial charge in [0.15, 0.2) is 5.13 Å². The van der Waals surface area contributed by atoms with E-state index in [0.717, 1.165) is 27.3 Å². The minimum atomic E-state index is -0.0688. The van der Waals surface area contributed by atoms with Crippen molar-refractivity contribution in [2.45, 2.75) is 43.6 Å². The zero-order chi connectivity index (χ0) is 21.8. The van der Waals surface area contributed by atoms with Crippen molar-refractivity contribution in [3.8, 4) is 0 Å². The summed E-state index contributed by atoms with van der Waals surface area (Å²) in [6.07, 6.45) is 4.77.